The van der Waals surface area contributed by atoms with Crippen molar-refractivity contribution in [2.45, 2.75) is 82.5 Å². The lowest BCUT2D eigenvalue weighted by Gasteiger charge is -2.47. The number of piperidine rings is 1. The van der Waals surface area contributed by atoms with Crippen LogP contribution in [-0.4, -0.2) is 54.1 Å². The molecule has 1 N–H and O–H groups in total. The molecular weight excluding hydrogens is 564 g/mol. The number of urea groups is 1. The van der Waals surface area contributed by atoms with Crippen molar-refractivity contribution in [2.24, 2.45) is 0 Å². The van der Waals surface area contributed by atoms with Crippen LogP contribution >= 0.6 is 0 Å². The molecule has 0 saturated carbocycles. The Kier molecular flexibility index (Phi) is 8.61. The van der Waals surface area contributed by atoms with Crippen LogP contribution in [0.2, 0.25) is 0 Å². The Morgan fingerprint density at radius 1 is 1.02 bits per heavy atom. The molecule has 1 spiro atoms. The maximum Gasteiger partial charge on any atom is 0.416 e. The zero-order valence-corrected chi connectivity index (χ0v) is 24.1. The Bertz CT molecular complexity index is 1310. The second kappa shape index (κ2) is 11.4. The fourth-order valence-corrected chi connectivity index (χ4v) is 6.20. The summed E-state index contributed by atoms with van der Waals surface area (Å²) in [6, 6.07) is 4.73. The molecular formula is C30H35F6N3O3. The summed E-state index contributed by atoms with van der Waals surface area (Å²) in [6.07, 6.45) is -7.74. The summed E-state index contributed by atoms with van der Waals surface area (Å²) in [7, 11) is 2.71. The predicted octanol–water partition coefficient (Wildman–Crippen LogP) is 6.95. The largest absolute Gasteiger partial charge is 0.468 e. The maximum atomic E-state index is 14.0. The second-order valence-electron chi connectivity index (χ2n) is 11.5. The molecule has 0 unspecified atom stereocenters. The molecule has 230 valence electrons. The zero-order chi connectivity index (χ0) is 31.2. The van der Waals surface area contributed by atoms with E-state index >= 15 is 0 Å². The third-order valence-electron chi connectivity index (χ3n) is 8.67. The molecule has 0 bridgehead atoms. The van der Waals surface area contributed by atoms with Crippen molar-refractivity contribution in [3.63, 3.8) is 0 Å². The first kappa shape index (κ1) is 31.7. The van der Waals surface area contributed by atoms with Gasteiger partial charge in [0.15, 0.2) is 0 Å². The van der Waals surface area contributed by atoms with Crippen molar-refractivity contribution in [1.29, 1.82) is 0 Å². The summed E-state index contributed by atoms with van der Waals surface area (Å²) < 4.78 is 86.0. The van der Waals surface area contributed by atoms with Crippen LogP contribution in [0.25, 0.3) is 0 Å². The Morgan fingerprint density at radius 3 is 2.19 bits per heavy atom. The van der Waals surface area contributed by atoms with Crippen molar-refractivity contribution >= 4 is 12.0 Å². The summed E-state index contributed by atoms with van der Waals surface area (Å²) in [6.45, 7) is 5.55. The van der Waals surface area contributed by atoms with Gasteiger partial charge in [-0.15, -0.1) is 0 Å². The normalized spacial score (nSPS) is 23.6. The Morgan fingerprint density at radius 2 is 1.64 bits per heavy atom. The molecule has 2 fully saturated rings. The van der Waals surface area contributed by atoms with E-state index in [1.165, 1.54) is 26.0 Å². The summed E-state index contributed by atoms with van der Waals surface area (Å²) in [5.74, 6) is -0.360. The third kappa shape index (κ3) is 6.38. The number of carbonyl (C=O) groups is 2. The van der Waals surface area contributed by atoms with Gasteiger partial charge in [-0.1, -0.05) is 23.8 Å². The van der Waals surface area contributed by atoms with Gasteiger partial charge in [-0.2, -0.15) is 26.3 Å². The quantitative estimate of drug-likeness (QED) is 0.305. The van der Waals surface area contributed by atoms with E-state index in [2.05, 4.69) is 5.32 Å². The number of ether oxygens (including phenoxy) is 1. The molecule has 2 amide bonds. The van der Waals surface area contributed by atoms with E-state index in [-0.39, 0.29) is 24.1 Å². The van der Waals surface area contributed by atoms with Crippen LogP contribution in [0.1, 0.15) is 78.1 Å². The number of alkyl halides is 6. The predicted molar refractivity (Wildman–Crippen MR) is 144 cm³/mol. The number of methoxy groups -OCH3 is 1. The van der Waals surface area contributed by atoms with Crippen molar-refractivity contribution in [3.8, 4) is 0 Å². The number of aryl methyl sites for hydroxylation is 2. The van der Waals surface area contributed by atoms with Crippen molar-refractivity contribution in [2.75, 3.05) is 20.7 Å². The van der Waals surface area contributed by atoms with Crippen LogP contribution in [0, 0.1) is 13.8 Å². The van der Waals surface area contributed by atoms with Crippen LogP contribution < -0.4 is 5.32 Å². The molecule has 2 heterocycles. The Hall–Kier alpha value is -3.28. The molecule has 2 aliphatic rings. The van der Waals surface area contributed by atoms with E-state index in [0.717, 1.165) is 16.7 Å². The lowest BCUT2D eigenvalue weighted by Crippen LogP contribution is -2.56. The number of esters is 1. The van der Waals surface area contributed by atoms with Gasteiger partial charge >= 0.3 is 24.4 Å². The number of rotatable bonds is 4. The molecule has 2 aromatic carbocycles. The minimum Gasteiger partial charge on any atom is -0.468 e. The molecule has 2 saturated heterocycles. The topological polar surface area (TPSA) is 61.9 Å². The van der Waals surface area contributed by atoms with Gasteiger partial charge in [-0.3, -0.25) is 10.1 Å². The number of nitrogens with zero attached hydrogens (tertiary/aromatic N) is 2. The van der Waals surface area contributed by atoms with Crippen molar-refractivity contribution in [1.82, 2.24) is 15.1 Å². The number of hydrogen-bond acceptors (Lipinski definition) is 4. The minimum atomic E-state index is -5.00. The van der Waals surface area contributed by atoms with E-state index in [4.69, 9.17) is 4.74 Å². The molecule has 0 aliphatic carbocycles. The Balaban J connectivity index is 1.67. The highest BCUT2D eigenvalue weighted by atomic mass is 19.4. The minimum absolute atomic E-state index is 0.0779. The van der Waals surface area contributed by atoms with Crippen LogP contribution in [0.5, 0.6) is 0 Å². The fourth-order valence-electron chi connectivity index (χ4n) is 6.20. The van der Waals surface area contributed by atoms with Crippen LogP contribution in [0.4, 0.5) is 31.1 Å². The molecule has 0 radical (unpaired) electrons. The van der Waals surface area contributed by atoms with E-state index in [0.29, 0.717) is 37.8 Å². The number of nitrogens with one attached hydrogen (secondary N) is 1. The maximum absolute atomic E-state index is 14.0. The summed E-state index contributed by atoms with van der Waals surface area (Å²) in [5.41, 5.74) is -0.717. The average Bonchev–Trinajstić information content (AvgIpc) is 3.33. The van der Waals surface area contributed by atoms with Crippen molar-refractivity contribution < 1.29 is 40.7 Å². The van der Waals surface area contributed by atoms with Gasteiger partial charge < -0.3 is 14.5 Å². The van der Waals surface area contributed by atoms with E-state index < -0.39 is 53.2 Å². The molecule has 12 heteroatoms. The van der Waals surface area contributed by atoms with E-state index in [9.17, 15) is 35.9 Å². The Labute approximate surface area is 241 Å². The molecule has 4 rings (SSSR count). The highest BCUT2D eigenvalue weighted by molar-refractivity contribution is 5.77. The molecule has 0 aromatic heterocycles. The second-order valence-corrected chi connectivity index (χ2v) is 11.5. The summed E-state index contributed by atoms with van der Waals surface area (Å²) in [4.78, 5) is 29.0. The molecule has 2 aliphatic heterocycles. The highest BCUT2D eigenvalue weighted by Crippen LogP contribution is 2.44. The summed E-state index contributed by atoms with van der Waals surface area (Å²) >= 11 is 0. The standard InChI is InChI=1S/C30H35F6N3O3/c1-17-6-7-23(18(2)12-17)25-16-28(9-8-24(37-28)26(40)42-5)10-11-39(25)27(41)38(4)19(3)20-13-21(29(31,32)33)15-22(14-20)30(34,35)36/h6-7,12-15,19,24-25,37H,8-11,16H2,1-5H3/t19-,24+,25+,28-/m0/s1. The van der Waals surface area contributed by atoms with Crippen molar-refractivity contribution in [3.05, 3.63) is 69.8 Å². The lowest BCUT2D eigenvalue weighted by atomic mass is 9.79. The zero-order valence-electron chi connectivity index (χ0n) is 24.1. The number of likely N-dealkylation sites (tertiary alicyclic amines) is 1. The third-order valence-corrected chi connectivity index (χ3v) is 8.67. The number of halogens is 6. The van der Waals surface area contributed by atoms with E-state index in [1.807, 2.05) is 32.0 Å². The lowest BCUT2D eigenvalue weighted by molar-refractivity contribution is -0.144. The van der Waals surface area contributed by atoms with Gasteiger partial charge in [0.25, 0.3) is 0 Å². The SMILES string of the molecule is COC(=O)[C@H]1CC[C@@]2(CCN(C(=O)N(C)[C@@H](C)c3cc(C(F)(F)F)cc(C(F)(F)F)c3)[C@@H](c3ccc(C)cc3C)C2)N1. The van der Waals surface area contributed by atoms with Gasteiger partial charge in [0.2, 0.25) is 0 Å². The average molecular weight is 600 g/mol. The fraction of sp³-hybridized carbons (Fsp3) is 0.533. The van der Waals surface area contributed by atoms with E-state index in [1.54, 1.807) is 4.90 Å². The molecule has 6 nitrogen and oxygen atoms in total. The monoisotopic (exact) mass is 599 g/mol. The van der Waals surface area contributed by atoms with Gasteiger partial charge in [-0.05, 0) is 81.3 Å². The first-order valence-electron chi connectivity index (χ1n) is 13.7. The van der Waals surface area contributed by atoms with Gasteiger partial charge in [-0.25, -0.2) is 4.79 Å². The van der Waals surface area contributed by atoms with Crippen LogP contribution in [0.15, 0.2) is 36.4 Å². The highest BCUT2D eigenvalue weighted by Gasteiger charge is 2.48. The molecule has 42 heavy (non-hydrogen) atoms. The first-order valence-corrected chi connectivity index (χ1v) is 13.7. The van der Waals surface area contributed by atoms with Gasteiger partial charge in [0, 0.05) is 19.1 Å². The first-order chi connectivity index (χ1) is 19.5. The number of carbonyl (C=O) groups excluding carboxylic acids is 2. The summed E-state index contributed by atoms with van der Waals surface area (Å²) in [5, 5.41) is 3.43. The van der Waals surface area contributed by atoms with Gasteiger partial charge in [0.1, 0.15) is 6.04 Å². The molecule has 4 atom stereocenters. The number of amides is 2. The smallest absolute Gasteiger partial charge is 0.416 e. The molecule has 2 aromatic rings. The number of benzene rings is 2. The number of hydrogen-bond donors (Lipinski definition) is 1. The van der Waals surface area contributed by atoms with Crippen LogP contribution in [-0.2, 0) is 21.9 Å². The van der Waals surface area contributed by atoms with Gasteiger partial charge in [0.05, 0.1) is 30.3 Å². The van der Waals surface area contributed by atoms with Crippen LogP contribution in [0.3, 0.4) is 0 Å².